The van der Waals surface area contributed by atoms with E-state index in [1.165, 1.54) is 13.2 Å². The number of benzene rings is 1. The molecule has 0 aliphatic rings. The summed E-state index contributed by atoms with van der Waals surface area (Å²) in [5.41, 5.74) is 9.08. The van der Waals surface area contributed by atoms with Gasteiger partial charge in [-0.15, -0.1) is 0 Å². The molecule has 21 heavy (non-hydrogen) atoms. The predicted octanol–water partition coefficient (Wildman–Crippen LogP) is 3.36. The molecule has 0 saturated heterocycles. The molecule has 0 fully saturated rings. The smallest absolute Gasteiger partial charge is 0.165 e. The first-order valence-corrected chi connectivity index (χ1v) is 7.58. The largest absolute Gasteiger partial charge is 0.494 e. The molecule has 1 unspecified atom stereocenters. The molecule has 0 radical (unpaired) electrons. The minimum atomic E-state index is -0.385. The fourth-order valence-electron chi connectivity index (χ4n) is 2.30. The highest BCUT2D eigenvalue weighted by molar-refractivity contribution is 9.10. The Hall–Kier alpha value is -1.40. The first kappa shape index (κ1) is 16.0. The van der Waals surface area contributed by atoms with E-state index in [0.717, 1.165) is 28.0 Å². The molecule has 0 aliphatic carbocycles. The van der Waals surface area contributed by atoms with Crippen molar-refractivity contribution in [1.29, 1.82) is 0 Å². The Kier molecular flexibility index (Phi) is 5.00. The van der Waals surface area contributed by atoms with Crippen LogP contribution in [0, 0.1) is 12.7 Å². The van der Waals surface area contributed by atoms with Gasteiger partial charge in [0.15, 0.2) is 11.6 Å². The summed E-state index contributed by atoms with van der Waals surface area (Å²) >= 11 is 3.56. The summed E-state index contributed by atoms with van der Waals surface area (Å²) in [5, 5.41) is 4.45. The molecule has 2 N–H and O–H groups in total. The van der Waals surface area contributed by atoms with E-state index in [2.05, 4.69) is 21.0 Å². The van der Waals surface area contributed by atoms with Gasteiger partial charge in [-0.25, -0.2) is 4.39 Å². The molecular weight excluding hydrogens is 337 g/mol. The number of ether oxygens (including phenoxy) is 1. The maximum absolute atomic E-state index is 13.5. The van der Waals surface area contributed by atoms with Gasteiger partial charge < -0.3 is 10.5 Å². The van der Waals surface area contributed by atoms with E-state index in [9.17, 15) is 4.39 Å². The molecule has 1 heterocycles. The zero-order valence-corrected chi connectivity index (χ0v) is 13.9. The van der Waals surface area contributed by atoms with Gasteiger partial charge in [0.25, 0.3) is 0 Å². The van der Waals surface area contributed by atoms with Crippen molar-refractivity contribution >= 4 is 15.9 Å². The van der Waals surface area contributed by atoms with Crippen molar-refractivity contribution < 1.29 is 9.13 Å². The van der Waals surface area contributed by atoms with Crippen molar-refractivity contribution in [3.05, 3.63) is 45.4 Å². The van der Waals surface area contributed by atoms with Crippen LogP contribution < -0.4 is 10.5 Å². The van der Waals surface area contributed by atoms with Gasteiger partial charge >= 0.3 is 0 Å². The Morgan fingerprint density at radius 1 is 1.48 bits per heavy atom. The van der Waals surface area contributed by atoms with Gasteiger partial charge in [-0.1, -0.05) is 6.07 Å². The number of halogens is 2. The lowest BCUT2D eigenvalue weighted by molar-refractivity contribution is 0.385. The Balaban J connectivity index is 2.28. The molecule has 1 atom stereocenters. The summed E-state index contributed by atoms with van der Waals surface area (Å²) in [6.07, 6.45) is 0.615. The third kappa shape index (κ3) is 3.27. The minimum absolute atomic E-state index is 0.210. The standard InChI is InChI=1S/C15H19BrFN3O/c1-4-20-13(15(16)9(2)19-20)8-12(18)10-5-6-11(17)14(7-10)21-3/h5-7,12H,4,8,18H2,1-3H3. The normalized spacial score (nSPS) is 12.5. The van der Waals surface area contributed by atoms with Gasteiger partial charge in [-0.3, -0.25) is 4.68 Å². The van der Waals surface area contributed by atoms with Crippen LogP contribution in [0.2, 0.25) is 0 Å². The van der Waals surface area contributed by atoms with Gasteiger partial charge in [0.1, 0.15) is 0 Å². The van der Waals surface area contributed by atoms with Crippen LogP contribution in [0.4, 0.5) is 4.39 Å². The molecule has 2 aromatic rings. The fourth-order valence-corrected chi connectivity index (χ4v) is 2.74. The molecule has 0 amide bonds. The summed E-state index contributed by atoms with van der Waals surface area (Å²) in [5.74, 6) is -0.175. The maximum Gasteiger partial charge on any atom is 0.165 e. The zero-order valence-electron chi connectivity index (χ0n) is 12.4. The van der Waals surface area contributed by atoms with Crippen LogP contribution in [-0.2, 0) is 13.0 Å². The first-order chi connectivity index (χ1) is 9.97. The van der Waals surface area contributed by atoms with Gasteiger partial charge in [0.05, 0.1) is 23.0 Å². The minimum Gasteiger partial charge on any atom is -0.494 e. The molecule has 0 spiro atoms. The van der Waals surface area contributed by atoms with Crippen molar-refractivity contribution in [2.75, 3.05) is 7.11 Å². The van der Waals surface area contributed by atoms with E-state index in [0.29, 0.717) is 6.42 Å². The molecule has 4 nitrogen and oxygen atoms in total. The molecule has 1 aromatic heterocycles. The molecule has 114 valence electrons. The summed E-state index contributed by atoms with van der Waals surface area (Å²) < 4.78 is 21.4. The van der Waals surface area contributed by atoms with Crippen LogP contribution in [0.5, 0.6) is 5.75 Å². The maximum atomic E-state index is 13.5. The fraction of sp³-hybridized carbons (Fsp3) is 0.400. The van der Waals surface area contributed by atoms with Crippen LogP contribution in [0.25, 0.3) is 0 Å². The highest BCUT2D eigenvalue weighted by Gasteiger charge is 2.17. The molecule has 0 saturated carbocycles. The Labute approximate surface area is 132 Å². The van der Waals surface area contributed by atoms with E-state index in [1.807, 2.05) is 18.5 Å². The number of aryl methyl sites for hydroxylation is 2. The van der Waals surface area contributed by atoms with Crippen molar-refractivity contribution in [2.45, 2.75) is 32.9 Å². The van der Waals surface area contributed by atoms with Crippen molar-refractivity contribution in [3.63, 3.8) is 0 Å². The highest BCUT2D eigenvalue weighted by atomic mass is 79.9. The van der Waals surface area contributed by atoms with Crippen LogP contribution >= 0.6 is 15.9 Å². The average molecular weight is 356 g/mol. The van der Waals surface area contributed by atoms with Crippen LogP contribution in [0.15, 0.2) is 22.7 Å². The predicted molar refractivity (Wildman–Crippen MR) is 83.9 cm³/mol. The summed E-state index contributed by atoms with van der Waals surface area (Å²) in [7, 11) is 1.44. The summed E-state index contributed by atoms with van der Waals surface area (Å²) in [6.45, 7) is 4.77. The SMILES string of the molecule is CCn1nc(C)c(Br)c1CC(N)c1ccc(F)c(OC)c1. The first-order valence-electron chi connectivity index (χ1n) is 6.78. The number of methoxy groups -OCH3 is 1. The lowest BCUT2D eigenvalue weighted by Gasteiger charge is -2.15. The van der Waals surface area contributed by atoms with Gasteiger partial charge in [0.2, 0.25) is 0 Å². The Morgan fingerprint density at radius 3 is 2.81 bits per heavy atom. The number of rotatable bonds is 5. The van der Waals surface area contributed by atoms with Crippen LogP contribution in [0.3, 0.4) is 0 Å². The van der Waals surface area contributed by atoms with Crippen molar-refractivity contribution in [2.24, 2.45) is 5.73 Å². The van der Waals surface area contributed by atoms with Gasteiger partial charge in [-0.05, 0) is 47.5 Å². The van der Waals surface area contributed by atoms with Crippen LogP contribution in [-0.4, -0.2) is 16.9 Å². The number of hydrogen-bond donors (Lipinski definition) is 1. The molecule has 0 bridgehead atoms. The zero-order chi connectivity index (χ0) is 15.6. The Morgan fingerprint density at radius 2 is 2.19 bits per heavy atom. The van der Waals surface area contributed by atoms with E-state index >= 15 is 0 Å². The molecule has 1 aromatic carbocycles. The molecular formula is C15H19BrFN3O. The van der Waals surface area contributed by atoms with Crippen molar-refractivity contribution in [1.82, 2.24) is 9.78 Å². The van der Waals surface area contributed by atoms with Gasteiger partial charge in [-0.2, -0.15) is 5.10 Å². The molecule has 6 heteroatoms. The number of nitrogens with zero attached hydrogens (tertiary/aromatic N) is 2. The second kappa shape index (κ2) is 6.58. The average Bonchev–Trinajstić information content (AvgIpc) is 2.75. The van der Waals surface area contributed by atoms with Crippen molar-refractivity contribution in [3.8, 4) is 5.75 Å². The number of aromatic nitrogens is 2. The second-order valence-corrected chi connectivity index (χ2v) is 5.66. The van der Waals surface area contributed by atoms with E-state index in [4.69, 9.17) is 10.5 Å². The quantitative estimate of drug-likeness (QED) is 0.894. The lowest BCUT2D eigenvalue weighted by atomic mass is 10.0. The lowest BCUT2D eigenvalue weighted by Crippen LogP contribution is -2.16. The van der Waals surface area contributed by atoms with E-state index < -0.39 is 0 Å². The summed E-state index contributed by atoms with van der Waals surface area (Å²) in [4.78, 5) is 0. The van der Waals surface area contributed by atoms with E-state index in [-0.39, 0.29) is 17.6 Å². The summed E-state index contributed by atoms with van der Waals surface area (Å²) in [6, 6.07) is 4.46. The van der Waals surface area contributed by atoms with Gasteiger partial charge in [0, 0.05) is 19.0 Å². The van der Waals surface area contributed by atoms with E-state index in [1.54, 1.807) is 12.1 Å². The molecule has 2 rings (SSSR count). The monoisotopic (exact) mass is 355 g/mol. The second-order valence-electron chi connectivity index (χ2n) is 4.87. The topological polar surface area (TPSA) is 53.1 Å². The Bertz CT molecular complexity index is 642. The number of hydrogen-bond acceptors (Lipinski definition) is 3. The molecule has 0 aliphatic heterocycles. The third-order valence-corrected chi connectivity index (χ3v) is 4.50. The number of nitrogens with two attached hydrogens (primary N) is 1. The third-order valence-electron chi connectivity index (χ3n) is 3.47. The highest BCUT2D eigenvalue weighted by Crippen LogP contribution is 2.27. The van der Waals surface area contributed by atoms with Crippen LogP contribution in [0.1, 0.15) is 29.9 Å².